The SMILES string of the molecule is O=Cc1cccc(C(=O)Cc2ccc(Cl)cc2)c1. The predicted octanol–water partition coefficient (Wildman–Crippen LogP) is 3.58. The Hall–Kier alpha value is -1.93. The van der Waals surface area contributed by atoms with Gasteiger partial charge in [0.25, 0.3) is 0 Å². The van der Waals surface area contributed by atoms with Gasteiger partial charge in [0.1, 0.15) is 6.29 Å². The number of carbonyl (C=O) groups is 2. The van der Waals surface area contributed by atoms with Crippen molar-refractivity contribution in [1.29, 1.82) is 0 Å². The molecule has 0 spiro atoms. The normalized spacial score (nSPS) is 10.1. The molecular formula is C15H11ClO2. The molecule has 0 radical (unpaired) electrons. The second-order valence-corrected chi connectivity index (χ2v) is 4.41. The van der Waals surface area contributed by atoms with Crippen molar-refractivity contribution in [2.75, 3.05) is 0 Å². The Kier molecular flexibility index (Phi) is 3.90. The van der Waals surface area contributed by atoms with Gasteiger partial charge in [-0.05, 0) is 23.8 Å². The maximum Gasteiger partial charge on any atom is 0.167 e. The lowest BCUT2D eigenvalue weighted by molar-refractivity contribution is 0.0993. The molecule has 0 atom stereocenters. The maximum atomic E-state index is 12.0. The number of ketones is 1. The first kappa shape index (κ1) is 12.5. The van der Waals surface area contributed by atoms with Crippen molar-refractivity contribution >= 4 is 23.7 Å². The van der Waals surface area contributed by atoms with Gasteiger partial charge in [-0.15, -0.1) is 0 Å². The van der Waals surface area contributed by atoms with E-state index in [0.29, 0.717) is 22.6 Å². The predicted molar refractivity (Wildman–Crippen MR) is 71.3 cm³/mol. The number of carbonyl (C=O) groups excluding carboxylic acids is 2. The van der Waals surface area contributed by atoms with E-state index in [1.54, 1.807) is 36.4 Å². The van der Waals surface area contributed by atoms with Crippen molar-refractivity contribution in [2.24, 2.45) is 0 Å². The fraction of sp³-hybridized carbons (Fsp3) is 0.0667. The van der Waals surface area contributed by atoms with E-state index in [-0.39, 0.29) is 5.78 Å². The van der Waals surface area contributed by atoms with E-state index in [1.165, 1.54) is 0 Å². The van der Waals surface area contributed by atoms with Gasteiger partial charge in [0.15, 0.2) is 5.78 Å². The van der Waals surface area contributed by atoms with E-state index in [2.05, 4.69) is 0 Å². The van der Waals surface area contributed by atoms with Crippen LogP contribution >= 0.6 is 11.6 Å². The molecule has 2 aromatic carbocycles. The third kappa shape index (κ3) is 3.05. The van der Waals surface area contributed by atoms with Crippen LogP contribution < -0.4 is 0 Å². The number of aldehydes is 1. The van der Waals surface area contributed by atoms with Gasteiger partial charge in [-0.3, -0.25) is 9.59 Å². The Morgan fingerprint density at radius 1 is 1.11 bits per heavy atom. The van der Waals surface area contributed by atoms with Crippen molar-refractivity contribution in [3.8, 4) is 0 Å². The third-order valence-electron chi connectivity index (χ3n) is 2.62. The molecule has 0 bridgehead atoms. The summed E-state index contributed by atoms with van der Waals surface area (Å²) < 4.78 is 0. The van der Waals surface area contributed by atoms with Gasteiger partial charge in [-0.2, -0.15) is 0 Å². The van der Waals surface area contributed by atoms with Crippen molar-refractivity contribution < 1.29 is 9.59 Å². The zero-order valence-electron chi connectivity index (χ0n) is 9.60. The second kappa shape index (κ2) is 5.61. The number of hydrogen-bond acceptors (Lipinski definition) is 2. The molecule has 0 heterocycles. The van der Waals surface area contributed by atoms with Crippen molar-refractivity contribution in [3.05, 3.63) is 70.2 Å². The molecule has 0 amide bonds. The van der Waals surface area contributed by atoms with E-state index in [1.807, 2.05) is 12.1 Å². The lowest BCUT2D eigenvalue weighted by atomic mass is 10.0. The van der Waals surface area contributed by atoms with Crippen molar-refractivity contribution in [2.45, 2.75) is 6.42 Å². The van der Waals surface area contributed by atoms with Gasteiger partial charge in [0, 0.05) is 22.6 Å². The number of Topliss-reactive ketones (excluding diaryl/α,β-unsaturated/α-hetero) is 1. The van der Waals surface area contributed by atoms with Crippen LogP contribution in [0.25, 0.3) is 0 Å². The number of rotatable bonds is 4. The summed E-state index contributed by atoms with van der Waals surface area (Å²) in [5.41, 5.74) is 1.97. The summed E-state index contributed by atoms with van der Waals surface area (Å²) >= 11 is 5.78. The number of hydrogen-bond donors (Lipinski definition) is 0. The molecular weight excluding hydrogens is 248 g/mol. The molecule has 0 saturated carbocycles. The third-order valence-corrected chi connectivity index (χ3v) is 2.87. The largest absolute Gasteiger partial charge is 0.298 e. The molecule has 18 heavy (non-hydrogen) atoms. The van der Waals surface area contributed by atoms with Gasteiger partial charge < -0.3 is 0 Å². The molecule has 0 fully saturated rings. The summed E-state index contributed by atoms with van der Waals surface area (Å²) in [5, 5.41) is 0.647. The van der Waals surface area contributed by atoms with E-state index in [4.69, 9.17) is 11.6 Å². The van der Waals surface area contributed by atoms with E-state index in [9.17, 15) is 9.59 Å². The average molecular weight is 259 g/mol. The highest BCUT2D eigenvalue weighted by molar-refractivity contribution is 6.30. The van der Waals surface area contributed by atoms with E-state index < -0.39 is 0 Å². The van der Waals surface area contributed by atoms with Crippen molar-refractivity contribution in [1.82, 2.24) is 0 Å². The minimum Gasteiger partial charge on any atom is -0.298 e. The smallest absolute Gasteiger partial charge is 0.167 e. The molecule has 0 aliphatic heterocycles. The molecule has 0 N–H and O–H groups in total. The zero-order valence-corrected chi connectivity index (χ0v) is 10.4. The number of halogens is 1. The molecule has 2 nitrogen and oxygen atoms in total. The highest BCUT2D eigenvalue weighted by Crippen LogP contribution is 2.13. The summed E-state index contributed by atoms with van der Waals surface area (Å²) in [7, 11) is 0. The van der Waals surface area contributed by atoms with Crippen molar-refractivity contribution in [3.63, 3.8) is 0 Å². The molecule has 90 valence electrons. The molecule has 3 heteroatoms. The van der Waals surface area contributed by atoms with Gasteiger partial charge in [-0.1, -0.05) is 41.9 Å². The van der Waals surface area contributed by atoms with Crippen LogP contribution in [-0.2, 0) is 6.42 Å². The second-order valence-electron chi connectivity index (χ2n) is 3.97. The van der Waals surface area contributed by atoms with Crippen LogP contribution in [0.4, 0.5) is 0 Å². The van der Waals surface area contributed by atoms with Crippen LogP contribution in [0.15, 0.2) is 48.5 Å². The van der Waals surface area contributed by atoms with Gasteiger partial charge in [0.05, 0.1) is 0 Å². The van der Waals surface area contributed by atoms with Gasteiger partial charge >= 0.3 is 0 Å². The zero-order chi connectivity index (χ0) is 13.0. The molecule has 0 aliphatic rings. The minimum absolute atomic E-state index is 0.0129. The lowest BCUT2D eigenvalue weighted by Gasteiger charge is -2.02. The molecule has 2 aromatic rings. The Morgan fingerprint density at radius 3 is 2.50 bits per heavy atom. The van der Waals surface area contributed by atoms with Crippen LogP contribution in [0.1, 0.15) is 26.3 Å². The number of benzene rings is 2. The standard InChI is InChI=1S/C15H11ClO2/c16-14-6-4-11(5-7-14)9-15(18)13-3-1-2-12(8-13)10-17/h1-8,10H,9H2. The van der Waals surface area contributed by atoms with Gasteiger partial charge in [0.2, 0.25) is 0 Å². The summed E-state index contributed by atoms with van der Waals surface area (Å²) in [6, 6.07) is 13.9. The quantitative estimate of drug-likeness (QED) is 0.621. The van der Waals surface area contributed by atoms with Crippen LogP contribution in [0.2, 0.25) is 5.02 Å². The monoisotopic (exact) mass is 258 g/mol. The van der Waals surface area contributed by atoms with E-state index in [0.717, 1.165) is 11.8 Å². The first-order valence-corrected chi connectivity index (χ1v) is 5.90. The fourth-order valence-corrected chi connectivity index (χ4v) is 1.80. The molecule has 0 saturated heterocycles. The van der Waals surface area contributed by atoms with Crippen LogP contribution in [-0.4, -0.2) is 12.1 Å². The Balaban J connectivity index is 2.16. The topological polar surface area (TPSA) is 34.1 Å². The Morgan fingerprint density at radius 2 is 1.83 bits per heavy atom. The first-order chi connectivity index (χ1) is 8.69. The maximum absolute atomic E-state index is 12.0. The Labute approximate surface area is 110 Å². The minimum atomic E-state index is -0.0129. The highest BCUT2D eigenvalue weighted by atomic mass is 35.5. The summed E-state index contributed by atoms with van der Waals surface area (Å²) in [6.07, 6.45) is 1.04. The average Bonchev–Trinajstić information content (AvgIpc) is 2.41. The first-order valence-electron chi connectivity index (χ1n) is 5.52. The molecule has 0 aromatic heterocycles. The van der Waals surface area contributed by atoms with Crippen LogP contribution in [0, 0.1) is 0 Å². The lowest BCUT2D eigenvalue weighted by Crippen LogP contribution is -2.03. The Bertz CT molecular complexity index is 573. The molecule has 0 aliphatic carbocycles. The summed E-state index contributed by atoms with van der Waals surface area (Å²) in [5.74, 6) is -0.0129. The highest BCUT2D eigenvalue weighted by Gasteiger charge is 2.07. The van der Waals surface area contributed by atoms with Gasteiger partial charge in [-0.25, -0.2) is 0 Å². The summed E-state index contributed by atoms with van der Waals surface area (Å²) in [6.45, 7) is 0. The van der Waals surface area contributed by atoms with Crippen LogP contribution in [0.5, 0.6) is 0 Å². The molecule has 2 rings (SSSR count). The fourth-order valence-electron chi connectivity index (χ4n) is 1.68. The van der Waals surface area contributed by atoms with Crippen LogP contribution in [0.3, 0.4) is 0 Å². The van der Waals surface area contributed by atoms with E-state index >= 15 is 0 Å². The summed E-state index contributed by atoms with van der Waals surface area (Å²) in [4.78, 5) is 22.7. The molecule has 0 unspecified atom stereocenters.